The molecular weight excluding hydrogens is 278 g/mol. The van der Waals surface area contributed by atoms with Crippen LogP contribution in [0.3, 0.4) is 0 Å². The molecule has 0 aliphatic heterocycles. The van der Waals surface area contributed by atoms with Gasteiger partial charge < -0.3 is 4.84 Å². The Hall–Kier alpha value is -2.49. The molecule has 4 heteroatoms. The van der Waals surface area contributed by atoms with Gasteiger partial charge in [0.05, 0.1) is 5.56 Å². The van der Waals surface area contributed by atoms with Gasteiger partial charge in [0.1, 0.15) is 5.71 Å². The van der Waals surface area contributed by atoms with Gasteiger partial charge in [-0.3, -0.25) is 4.79 Å². The highest BCUT2D eigenvalue weighted by molar-refractivity contribution is 6.21. The number of allylic oxidation sites excluding steroid dienone is 4. The summed E-state index contributed by atoms with van der Waals surface area (Å²) in [5.41, 5.74) is 3.36. The van der Waals surface area contributed by atoms with Gasteiger partial charge in [0.15, 0.2) is 5.78 Å². The van der Waals surface area contributed by atoms with Gasteiger partial charge in [0, 0.05) is 5.57 Å². The molecule has 22 heavy (non-hydrogen) atoms. The molecule has 1 aromatic carbocycles. The number of benzene rings is 1. The molecule has 114 valence electrons. The minimum atomic E-state index is -0.517. The lowest BCUT2D eigenvalue weighted by Gasteiger charge is -2.14. The standard InChI is InChI=1S/C18H19NO3/c1-11(2)15-10-16(13(4)9-17(15)20)19-22-18(21)14-7-5-12(3)6-8-14/h5-11H,1-4H3. The summed E-state index contributed by atoms with van der Waals surface area (Å²) in [5.74, 6) is -0.442. The predicted molar refractivity (Wildman–Crippen MR) is 85.7 cm³/mol. The molecule has 0 fully saturated rings. The number of hydrogen-bond acceptors (Lipinski definition) is 4. The van der Waals surface area contributed by atoms with Crippen molar-refractivity contribution >= 4 is 17.5 Å². The van der Waals surface area contributed by atoms with Crippen LogP contribution in [-0.4, -0.2) is 17.5 Å². The zero-order valence-electron chi connectivity index (χ0n) is 13.2. The van der Waals surface area contributed by atoms with Crippen molar-refractivity contribution in [1.29, 1.82) is 0 Å². The van der Waals surface area contributed by atoms with E-state index in [9.17, 15) is 9.59 Å². The average Bonchev–Trinajstić information content (AvgIpc) is 2.46. The van der Waals surface area contributed by atoms with Crippen molar-refractivity contribution < 1.29 is 14.4 Å². The summed E-state index contributed by atoms with van der Waals surface area (Å²) in [6, 6.07) is 7.07. The molecular formula is C18H19NO3. The van der Waals surface area contributed by atoms with Crippen molar-refractivity contribution in [2.24, 2.45) is 11.1 Å². The quantitative estimate of drug-likeness (QED) is 0.486. The molecule has 0 spiro atoms. The van der Waals surface area contributed by atoms with Crippen LogP contribution in [0.15, 0.2) is 52.7 Å². The van der Waals surface area contributed by atoms with Gasteiger partial charge in [-0.2, -0.15) is 0 Å². The fraction of sp³-hybridized carbons (Fsp3) is 0.278. The number of aryl methyl sites for hydroxylation is 1. The lowest BCUT2D eigenvalue weighted by Crippen LogP contribution is -2.16. The molecule has 0 N–H and O–H groups in total. The zero-order chi connectivity index (χ0) is 16.3. The summed E-state index contributed by atoms with van der Waals surface area (Å²) in [7, 11) is 0. The molecule has 0 amide bonds. The van der Waals surface area contributed by atoms with Gasteiger partial charge in [0.2, 0.25) is 0 Å². The Labute approximate surface area is 130 Å². The molecule has 0 radical (unpaired) electrons. The molecule has 4 nitrogen and oxygen atoms in total. The molecule has 1 aliphatic carbocycles. The van der Waals surface area contributed by atoms with Crippen LogP contribution in [0.5, 0.6) is 0 Å². The molecule has 0 heterocycles. The summed E-state index contributed by atoms with van der Waals surface area (Å²) >= 11 is 0. The van der Waals surface area contributed by atoms with Crippen molar-refractivity contribution in [3.8, 4) is 0 Å². The van der Waals surface area contributed by atoms with E-state index >= 15 is 0 Å². The second kappa shape index (κ2) is 6.52. The molecule has 0 atom stereocenters. The lowest BCUT2D eigenvalue weighted by molar-refractivity contribution is -0.111. The molecule has 2 rings (SSSR count). The fourth-order valence-corrected chi connectivity index (χ4v) is 2.07. The maximum absolute atomic E-state index is 11.9. The largest absolute Gasteiger partial charge is 0.365 e. The van der Waals surface area contributed by atoms with E-state index in [2.05, 4.69) is 5.16 Å². The average molecular weight is 297 g/mol. The van der Waals surface area contributed by atoms with Gasteiger partial charge in [0.25, 0.3) is 0 Å². The third-order valence-corrected chi connectivity index (χ3v) is 3.46. The van der Waals surface area contributed by atoms with Gasteiger partial charge in [-0.25, -0.2) is 4.79 Å². The second-order valence-corrected chi connectivity index (χ2v) is 5.67. The number of ketones is 1. The van der Waals surface area contributed by atoms with Crippen molar-refractivity contribution in [3.63, 3.8) is 0 Å². The Morgan fingerprint density at radius 1 is 1.09 bits per heavy atom. The second-order valence-electron chi connectivity index (χ2n) is 5.67. The van der Waals surface area contributed by atoms with Gasteiger partial charge in [-0.1, -0.05) is 36.7 Å². The monoisotopic (exact) mass is 297 g/mol. The maximum atomic E-state index is 11.9. The smallest absolute Gasteiger partial charge is 0.312 e. The number of carbonyl (C=O) groups is 2. The number of carbonyl (C=O) groups excluding carboxylic acids is 2. The molecule has 0 saturated carbocycles. The fourth-order valence-electron chi connectivity index (χ4n) is 2.07. The number of oxime groups is 1. The third kappa shape index (κ3) is 3.58. The van der Waals surface area contributed by atoms with Crippen LogP contribution in [0, 0.1) is 12.8 Å². The number of nitrogens with zero attached hydrogens (tertiary/aromatic N) is 1. The minimum absolute atomic E-state index is 0.0173. The summed E-state index contributed by atoms with van der Waals surface area (Å²) in [6.07, 6.45) is 3.21. The molecule has 0 bridgehead atoms. The maximum Gasteiger partial charge on any atom is 0.365 e. The Kier molecular flexibility index (Phi) is 4.71. The number of hydrogen-bond donors (Lipinski definition) is 0. The van der Waals surface area contributed by atoms with E-state index in [0.29, 0.717) is 22.4 Å². The van der Waals surface area contributed by atoms with E-state index in [0.717, 1.165) is 5.56 Å². The van der Waals surface area contributed by atoms with E-state index < -0.39 is 5.97 Å². The van der Waals surface area contributed by atoms with Crippen molar-refractivity contribution in [3.05, 3.63) is 58.7 Å². The zero-order valence-corrected chi connectivity index (χ0v) is 13.2. The van der Waals surface area contributed by atoms with Gasteiger partial charge in [-0.05, 0) is 49.6 Å². The molecule has 1 aliphatic rings. The summed E-state index contributed by atoms with van der Waals surface area (Å²) in [4.78, 5) is 28.8. The van der Waals surface area contributed by atoms with Crippen LogP contribution in [0.25, 0.3) is 0 Å². The summed E-state index contributed by atoms with van der Waals surface area (Å²) < 4.78 is 0. The van der Waals surface area contributed by atoms with E-state index in [4.69, 9.17) is 4.84 Å². The van der Waals surface area contributed by atoms with Crippen LogP contribution >= 0.6 is 0 Å². The Bertz CT molecular complexity index is 692. The molecule has 0 unspecified atom stereocenters. The van der Waals surface area contributed by atoms with Crippen LogP contribution in [0.2, 0.25) is 0 Å². The van der Waals surface area contributed by atoms with Crippen LogP contribution < -0.4 is 0 Å². The first kappa shape index (κ1) is 15.9. The number of rotatable bonds is 3. The molecule has 1 aromatic rings. The van der Waals surface area contributed by atoms with Gasteiger partial charge in [-0.15, -0.1) is 0 Å². The van der Waals surface area contributed by atoms with Crippen LogP contribution in [0.4, 0.5) is 0 Å². The highest BCUT2D eigenvalue weighted by atomic mass is 16.7. The first-order chi connectivity index (χ1) is 10.4. The van der Waals surface area contributed by atoms with Crippen molar-refractivity contribution in [2.45, 2.75) is 27.7 Å². The Morgan fingerprint density at radius 3 is 2.32 bits per heavy atom. The highest BCUT2D eigenvalue weighted by Gasteiger charge is 2.19. The first-order valence-electron chi connectivity index (χ1n) is 7.19. The summed E-state index contributed by atoms with van der Waals surface area (Å²) in [6.45, 7) is 7.59. The molecule has 0 saturated heterocycles. The normalized spacial score (nSPS) is 16.6. The van der Waals surface area contributed by atoms with Crippen LogP contribution in [-0.2, 0) is 9.63 Å². The summed E-state index contributed by atoms with van der Waals surface area (Å²) in [5, 5.41) is 3.90. The minimum Gasteiger partial charge on any atom is -0.312 e. The topological polar surface area (TPSA) is 55.7 Å². The van der Waals surface area contributed by atoms with Crippen molar-refractivity contribution in [2.75, 3.05) is 0 Å². The SMILES string of the molecule is CC1=CC(=O)C(C(C)C)=CC1=NOC(=O)c1ccc(C)cc1. The van der Waals surface area contributed by atoms with Gasteiger partial charge >= 0.3 is 5.97 Å². The lowest BCUT2D eigenvalue weighted by atomic mass is 9.90. The van der Waals surface area contributed by atoms with E-state index in [1.54, 1.807) is 25.1 Å². The highest BCUT2D eigenvalue weighted by Crippen LogP contribution is 2.19. The predicted octanol–water partition coefficient (Wildman–Crippen LogP) is 3.62. The first-order valence-corrected chi connectivity index (χ1v) is 7.19. The van der Waals surface area contributed by atoms with E-state index in [1.165, 1.54) is 6.08 Å². The Morgan fingerprint density at radius 2 is 1.73 bits per heavy atom. The third-order valence-electron chi connectivity index (χ3n) is 3.46. The Balaban J connectivity index is 2.18. The van der Waals surface area contributed by atoms with E-state index in [-0.39, 0.29) is 11.7 Å². The van der Waals surface area contributed by atoms with Crippen molar-refractivity contribution in [1.82, 2.24) is 0 Å². The van der Waals surface area contributed by atoms with Crippen LogP contribution in [0.1, 0.15) is 36.7 Å². The van der Waals surface area contributed by atoms with E-state index in [1.807, 2.05) is 32.9 Å². The molecule has 0 aromatic heterocycles.